The number of sulfonamides is 1. The molecule has 0 heterocycles. The highest BCUT2D eigenvalue weighted by Crippen LogP contribution is 2.12. The molecule has 1 unspecified atom stereocenters. The number of carbonyl (C=O) groups is 1. The van der Waals surface area contributed by atoms with Crippen LogP contribution in [0.15, 0.2) is 29.2 Å². The van der Waals surface area contributed by atoms with Crippen molar-refractivity contribution in [2.45, 2.75) is 50.6 Å². The van der Waals surface area contributed by atoms with Crippen LogP contribution in [-0.4, -0.2) is 32.5 Å². The summed E-state index contributed by atoms with van der Waals surface area (Å²) in [4.78, 5) is 12.2. The van der Waals surface area contributed by atoms with Gasteiger partial charge >= 0.3 is 0 Å². The molecule has 0 spiro atoms. The summed E-state index contributed by atoms with van der Waals surface area (Å²) in [5, 5.41) is 2.79. The van der Waals surface area contributed by atoms with Crippen molar-refractivity contribution in [2.24, 2.45) is 5.73 Å². The molecule has 0 bridgehead atoms. The molecule has 1 rings (SSSR count). The van der Waals surface area contributed by atoms with Crippen LogP contribution < -0.4 is 15.8 Å². The molecule has 0 aliphatic carbocycles. The van der Waals surface area contributed by atoms with Gasteiger partial charge in [-0.15, -0.1) is 0 Å². The Morgan fingerprint density at radius 1 is 1.27 bits per heavy atom. The summed E-state index contributed by atoms with van der Waals surface area (Å²) in [6, 6.07) is 5.70. The van der Waals surface area contributed by atoms with Crippen LogP contribution >= 0.6 is 0 Å². The van der Waals surface area contributed by atoms with Crippen LogP contribution in [0.25, 0.3) is 0 Å². The van der Waals surface area contributed by atoms with Crippen LogP contribution in [0.3, 0.4) is 0 Å². The van der Waals surface area contributed by atoms with Gasteiger partial charge in [0.1, 0.15) is 0 Å². The largest absolute Gasteiger partial charge is 0.346 e. The van der Waals surface area contributed by atoms with Gasteiger partial charge in [-0.1, -0.05) is 6.92 Å². The molecule has 0 fully saturated rings. The molecule has 1 aromatic rings. The van der Waals surface area contributed by atoms with Gasteiger partial charge in [0.2, 0.25) is 10.0 Å². The number of rotatable bonds is 7. The second-order valence-electron chi connectivity index (χ2n) is 6.00. The maximum Gasteiger partial charge on any atom is 0.251 e. The van der Waals surface area contributed by atoms with Crippen LogP contribution in [0.4, 0.5) is 0 Å². The third kappa shape index (κ3) is 5.08. The van der Waals surface area contributed by atoms with Gasteiger partial charge in [-0.2, -0.15) is 0 Å². The Labute approximate surface area is 132 Å². The molecule has 1 atom stereocenters. The van der Waals surface area contributed by atoms with Gasteiger partial charge in [-0.3, -0.25) is 4.79 Å². The van der Waals surface area contributed by atoms with Gasteiger partial charge in [0.15, 0.2) is 0 Å². The van der Waals surface area contributed by atoms with E-state index in [1.807, 2.05) is 20.8 Å². The quantitative estimate of drug-likeness (QED) is 0.701. The highest BCUT2D eigenvalue weighted by atomic mass is 32.2. The molecule has 0 saturated heterocycles. The molecule has 1 amide bonds. The minimum Gasteiger partial charge on any atom is -0.346 e. The van der Waals surface area contributed by atoms with Crippen LogP contribution in [0.1, 0.15) is 44.5 Å². The number of hydrogen-bond acceptors (Lipinski definition) is 4. The Morgan fingerprint density at radius 3 is 2.27 bits per heavy atom. The lowest BCUT2D eigenvalue weighted by molar-refractivity contribution is 0.0915. The minimum atomic E-state index is -3.56. The Morgan fingerprint density at radius 2 is 1.82 bits per heavy atom. The summed E-state index contributed by atoms with van der Waals surface area (Å²) in [7, 11) is -3.56. The zero-order valence-electron chi connectivity index (χ0n) is 13.5. The number of nitrogens with one attached hydrogen (secondary N) is 2. The Bertz CT molecular complexity index is 609. The molecule has 22 heavy (non-hydrogen) atoms. The minimum absolute atomic E-state index is 0.140. The molecule has 7 heteroatoms. The molecule has 0 radical (unpaired) electrons. The monoisotopic (exact) mass is 327 g/mol. The molecule has 124 valence electrons. The van der Waals surface area contributed by atoms with E-state index in [0.717, 1.165) is 0 Å². The van der Waals surface area contributed by atoms with Crippen LogP contribution in [0, 0.1) is 0 Å². The molecule has 0 aliphatic heterocycles. The zero-order valence-corrected chi connectivity index (χ0v) is 14.3. The molecule has 0 aliphatic rings. The van der Waals surface area contributed by atoms with Crippen molar-refractivity contribution in [3.05, 3.63) is 29.8 Å². The summed E-state index contributed by atoms with van der Waals surface area (Å²) in [6.07, 6.45) is 0.702. The number of nitrogens with two attached hydrogens (primary N) is 1. The smallest absolute Gasteiger partial charge is 0.251 e. The molecule has 1 aromatic carbocycles. The van der Waals surface area contributed by atoms with Gasteiger partial charge in [0.05, 0.1) is 4.90 Å². The van der Waals surface area contributed by atoms with Crippen molar-refractivity contribution in [1.29, 1.82) is 0 Å². The van der Waals surface area contributed by atoms with Crippen molar-refractivity contribution < 1.29 is 13.2 Å². The molecule has 0 saturated carbocycles. The van der Waals surface area contributed by atoms with E-state index in [0.29, 0.717) is 18.5 Å². The van der Waals surface area contributed by atoms with Crippen LogP contribution in [0.5, 0.6) is 0 Å². The summed E-state index contributed by atoms with van der Waals surface area (Å²) in [5.74, 6) is -0.283. The third-order valence-electron chi connectivity index (χ3n) is 3.36. The molecular weight excluding hydrogens is 302 g/mol. The lowest BCUT2D eigenvalue weighted by atomic mass is 10.1. The van der Waals surface area contributed by atoms with E-state index in [2.05, 4.69) is 10.0 Å². The predicted octanol–water partition coefficient (Wildman–Crippen LogP) is 1.23. The maximum atomic E-state index is 12.1. The van der Waals surface area contributed by atoms with Crippen molar-refractivity contribution >= 4 is 15.9 Å². The van der Waals surface area contributed by atoms with Crippen LogP contribution in [-0.2, 0) is 10.0 Å². The first-order chi connectivity index (χ1) is 10.1. The van der Waals surface area contributed by atoms with E-state index < -0.39 is 15.6 Å². The lowest BCUT2D eigenvalue weighted by Gasteiger charge is -2.24. The first-order valence-corrected chi connectivity index (χ1v) is 8.74. The highest BCUT2D eigenvalue weighted by Gasteiger charge is 2.20. The maximum absolute atomic E-state index is 12.1. The Balaban J connectivity index is 2.89. The van der Waals surface area contributed by atoms with Crippen molar-refractivity contribution in [1.82, 2.24) is 10.0 Å². The highest BCUT2D eigenvalue weighted by molar-refractivity contribution is 7.89. The van der Waals surface area contributed by atoms with Crippen molar-refractivity contribution in [3.63, 3.8) is 0 Å². The fourth-order valence-corrected chi connectivity index (χ4v) is 2.96. The SMILES string of the molecule is CCC(C)NS(=O)(=O)c1ccc(C(=O)NC(C)(C)CN)cc1. The van der Waals surface area contributed by atoms with E-state index in [4.69, 9.17) is 5.73 Å². The lowest BCUT2D eigenvalue weighted by Crippen LogP contribution is -2.48. The van der Waals surface area contributed by atoms with E-state index in [9.17, 15) is 13.2 Å². The summed E-state index contributed by atoms with van der Waals surface area (Å²) in [5.41, 5.74) is 5.45. The standard InChI is InChI=1S/C15H25N3O3S/c1-5-11(2)18-22(20,21)13-8-6-12(7-9-13)14(19)17-15(3,4)10-16/h6-9,11,18H,5,10,16H2,1-4H3,(H,17,19). The second kappa shape index (κ2) is 7.21. The summed E-state index contributed by atoms with van der Waals surface area (Å²) in [6.45, 7) is 7.65. The molecular formula is C15H25N3O3S. The Hall–Kier alpha value is -1.44. The zero-order chi connectivity index (χ0) is 17.0. The number of benzene rings is 1. The van der Waals surface area contributed by atoms with E-state index in [-0.39, 0.29) is 16.8 Å². The average molecular weight is 327 g/mol. The van der Waals surface area contributed by atoms with Gasteiger partial charge in [0, 0.05) is 23.7 Å². The second-order valence-corrected chi connectivity index (χ2v) is 7.71. The number of carbonyl (C=O) groups excluding carboxylic acids is 1. The van der Waals surface area contributed by atoms with Crippen LogP contribution in [0.2, 0.25) is 0 Å². The fraction of sp³-hybridized carbons (Fsp3) is 0.533. The topological polar surface area (TPSA) is 101 Å². The van der Waals surface area contributed by atoms with Crippen molar-refractivity contribution in [3.8, 4) is 0 Å². The number of amides is 1. The first kappa shape index (κ1) is 18.6. The van der Waals surface area contributed by atoms with Gasteiger partial charge in [-0.25, -0.2) is 13.1 Å². The van der Waals surface area contributed by atoms with E-state index >= 15 is 0 Å². The average Bonchev–Trinajstić information content (AvgIpc) is 2.46. The normalized spacial score (nSPS) is 13.7. The summed E-state index contributed by atoms with van der Waals surface area (Å²) < 4.78 is 26.8. The molecule has 4 N–H and O–H groups in total. The molecule has 6 nitrogen and oxygen atoms in total. The number of hydrogen-bond donors (Lipinski definition) is 3. The van der Waals surface area contributed by atoms with Gasteiger partial charge in [0.25, 0.3) is 5.91 Å². The first-order valence-electron chi connectivity index (χ1n) is 7.26. The summed E-state index contributed by atoms with van der Waals surface area (Å²) >= 11 is 0. The Kier molecular flexibility index (Phi) is 6.10. The van der Waals surface area contributed by atoms with E-state index in [1.54, 1.807) is 6.92 Å². The third-order valence-corrected chi connectivity index (χ3v) is 4.96. The van der Waals surface area contributed by atoms with Gasteiger partial charge < -0.3 is 11.1 Å². The fourth-order valence-electron chi connectivity index (χ4n) is 1.63. The van der Waals surface area contributed by atoms with Crippen molar-refractivity contribution in [2.75, 3.05) is 6.54 Å². The van der Waals surface area contributed by atoms with E-state index in [1.165, 1.54) is 24.3 Å². The predicted molar refractivity (Wildman–Crippen MR) is 87.1 cm³/mol. The molecule has 0 aromatic heterocycles. The van der Waals surface area contributed by atoms with Gasteiger partial charge in [-0.05, 0) is 51.5 Å².